The summed E-state index contributed by atoms with van der Waals surface area (Å²) in [5.74, 6) is 0.247. The molecule has 0 saturated carbocycles. The van der Waals surface area contributed by atoms with Gasteiger partial charge in [0.2, 0.25) is 0 Å². The third kappa shape index (κ3) is 4.15. The number of likely N-dealkylation sites (tertiary alicyclic amines) is 1. The molecule has 0 aromatic heterocycles. The van der Waals surface area contributed by atoms with Crippen molar-refractivity contribution in [2.24, 2.45) is 0 Å². The third-order valence-electron chi connectivity index (χ3n) is 3.74. The maximum Gasteiger partial charge on any atom is 0.311 e. The number of rotatable bonds is 6. The van der Waals surface area contributed by atoms with Crippen molar-refractivity contribution in [2.75, 3.05) is 26.2 Å². The zero-order chi connectivity index (χ0) is 15.2. The van der Waals surface area contributed by atoms with Gasteiger partial charge >= 0.3 is 5.69 Å². The average molecular weight is 294 g/mol. The second-order valence-corrected chi connectivity index (χ2v) is 5.29. The van der Waals surface area contributed by atoms with E-state index in [1.807, 2.05) is 0 Å². The minimum absolute atomic E-state index is 0.0907. The minimum atomic E-state index is -0.711. The van der Waals surface area contributed by atoms with Crippen LogP contribution in [-0.4, -0.2) is 41.2 Å². The van der Waals surface area contributed by atoms with Crippen molar-refractivity contribution in [2.45, 2.75) is 32.3 Å². The number of β-amino-alcohol motifs (C(OH)–C–C–N with tert-alkyl or cyclic N) is 1. The number of ether oxygens (including phenoxy) is 1. The third-order valence-corrected chi connectivity index (χ3v) is 3.74. The van der Waals surface area contributed by atoms with Gasteiger partial charge in [-0.1, -0.05) is 12.5 Å². The van der Waals surface area contributed by atoms with Crippen LogP contribution >= 0.6 is 0 Å². The molecule has 0 bridgehead atoms. The van der Waals surface area contributed by atoms with Gasteiger partial charge in [0.15, 0.2) is 5.75 Å². The van der Waals surface area contributed by atoms with Crippen LogP contribution in [0.3, 0.4) is 0 Å². The SMILES string of the molecule is CCOc1ccc(C(O)CN2CCCCC2)cc1[N+](=O)[O-]. The molecule has 21 heavy (non-hydrogen) atoms. The number of aliphatic hydroxyl groups excluding tert-OH is 1. The molecule has 0 radical (unpaired) electrons. The Bertz CT molecular complexity index is 487. The van der Waals surface area contributed by atoms with Gasteiger partial charge in [-0.2, -0.15) is 0 Å². The molecule has 116 valence electrons. The van der Waals surface area contributed by atoms with E-state index in [2.05, 4.69) is 4.90 Å². The monoisotopic (exact) mass is 294 g/mol. The number of nitro groups is 1. The summed E-state index contributed by atoms with van der Waals surface area (Å²) >= 11 is 0. The summed E-state index contributed by atoms with van der Waals surface area (Å²) in [4.78, 5) is 12.8. The Morgan fingerprint density at radius 1 is 1.38 bits per heavy atom. The Kier molecular flexibility index (Phi) is 5.52. The summed E-state index contributed by atoms with van der Waals surface area (Å²) in [6.45, 7) is 4.64. The highest BCUT2D eigenvalue weighted by atomic mass is 16.6. The lowest BCUT2D eigenvalue weighted by molar-refractivity contribution is -0.386. The van der Waals surface area contributed by atoms with Gasteiger partial charge in [0, 0.05) is 12.6 Å². The highest BCUT2D eigenvalue weighted by Gasteiger charge is 2.21. The molecule has 1 fully saturated rings. The van der Waals surface area contributed by atoms with E-state index < -0.39 is 11.0 Å². The van der Waals surface area contributed by atoms with Crippen LogP contribution in [-0.2, 0) is 0 Å². The lowest BCUT2D eigenvalue weighted by atomic mass is 10.1. The molecule has 1 heterocycles. The first kappa shape index (κ1) is 15.7. The fourth-order valence-electron chi connectivity index (χ4n) is 2.65. The van der Waals surface area contributed by atoms with Gasteiger partial charge in [0.1, 0.15) is 0 Å². The molecule has 2 rings (SSSR count). The van der Waals surface area contributed by atoms with Crippen LogP contribution in [0.5, 0.6) is 5.75 Å². The molecule has 1 aromatic rings. The Morgan fingerprint density at radius 3 is 2.71 bits per heavy atom. The number of hydrogen-bond acceptors (Lipinski definition) is 5. The summed E-state index contributed by atoms with van der Waals surface area (Å²) in [6.07, 6.45) is 2.82. The molecule has 0 amide bonds. The molecular formula is C15H22N2O4. The fourth-order valence-corrected chi connectivity index (χ4v) is 2.65. The average Bonchev–Trinajstić information content (AvgIpc) is 2.48. The van der Waals surface area contributed by atoms with Crippen LogP contribution in [0.2, 0.25) is 0 Å². The van der Waals surface area contributed by atoms with Gasteiger partial charge in [-0.3, -0.25) is 10.1 Å². The van der Waals surface area contributed by atoms with Crippen LogP contribution in [0, 0.1) is 10.1 Å². The summed E-state index contributed by atoms with van der Waals surface area (Å²) in [5.41, 5.74) is 0.475. The topological polar surface area (TPSA) is 75.8 Å². The number of hydrogen-bond donors (Lipinski definition) is 1. The van der Waals surface area contributed by atoms with E-state index in [1.165, 1.54) is 12.5 Å². The van der Waals surface area contributed by atoms with E-state index in [1.54, 1.807) is 19.1 Å². The molecule has 1 saturated heterocycles. The van der Waals surface area contributed by atoms with Crippen molar-refractivity contribution in [1.29, 1.82) is 0 Å². The normalized spacial score (nSPS) is 17.4. The van der Waals surface area contributed by atoms with Crippen molar-refractivity contribution < 1.29 is 14.8 Å². The smallest absolute Gasteiger partial charge is 0.311 e. The molecule has 1 aromatic carbocycles. The lowest BCUT2D eigenvalue weighted by Gasteiger charge is -2.28. The predicted octanol–water partition coefficient (Wildman–Crippen LogP) is 2.51. The summed E-state index contributed by atoms with van der Waals surface area (Å²) < 4.78 is 5.25. The van der Waals surface area contributed by atoms with E-state index in [-0.39, 0.29) is 11.4 Å². The second-order valence-electron chi connectivity index (χ2n) is 5.29. The quantitative estimate of drug-likeness (QED) is 0.644. The molecule has 1 atom stereocenters. The van der Waals surface area contributed by atoms with E-state index in [4.69, 9.17) is 4.74 Å². The Labute approximate surface area is 124 Å². The van der Waals surface area contributed by atoms with Crippen molar-refractivity contribution in [3.63, 3.8) is 0 Å². The van der Waals surface area contributed by atoms with Gasteiger partial charge < -0.3 is 14.7 Å². The molecule has 1 unspecified atom stereocenters. The molecular weight excluding hydrogens is 272 g/mol. The molecule has 0 spiro atoms. The Hall–Kier alpha value is -1.66. The lowest BCUT2D eigenvalue weighted by Crippen LogP contribution is -2.33. The standard InChI is InChI=1S/C15H22N2O4/c1-2-21-15-7-6-12(10-13(15)17(19)20)14(18)11-16-8-4-3-5-9-16/h6-7,10,14,18H,2-5,8-9,11H2,1H3. The first-order valence-electron chi connectivity index (χ1n) is 7.43. The largest absolute Gasteiger partial charge is 0.487 e. The van der Waals surface area contributed by atoms with Gasteiger partial charge in [0.05, 0.1) is 17.6 Å². The van der Waals surface area contributed by atoms with Crippen LogP contribution in [0.25, 0.3) is 0 Å². The van der Waals surface area contributed by atoms with Gasteiger partial charge in [-0.25, -0.2) is 0 Å². The van der Waals surface area contributed by atoms with E-state index in [9.17, 15) is 15.2 Å². The van der Waals surface area contributed by atoms with Crippen molar-refractivity contribution in [3.8, 4) is 5.75 Å². The Balaban J connectivity index is 2.11. The van der Waals surface area contributed by atoms with Crippen LogP contribution in [0.4, 0.5) is 5.69 Å². The highest BCUT2D eigenvalue weighted by molar-refractivity contribution is 5.49. The highest BCUT2D eigenvalue weighted by Crippen LogP contribution is 2.30. The van der Waals surface area contributed by atoms with Gasteiger partial charge in [-0.05, 0) is 44.5 Å². The van der Waals surface area contributed by atoms with Crippen molar-refractivity contribution in [1.82, 2.24) is 4.90 Å². The van der Waals surface area contributed by atoms with Crippen LogP contribution < -0.4 is 4.74 Å². The van der Waals surface area contributed by atoms with Crippen LogP contribution in [0.1, 0.15) is 37.9 Å². The van der Waals surface area contributed by atoms with E-state index in [0.717, 1.165) is 25.9 Å². The maximum atomic E-state index is 11.1. The molecule has 1 aliphatic rings. The summed E-state index contributed by atoms with van der Waals surface area (Å²) in [7, 11) is 0. The predicted molar refractivity (Wildman–Crippen MR) is 79.5 cm³/mol. The van der Waals surface area contributed by atoms with Crippen LogP contribution in [0.15, 0.2) is 18.2 Å². The zero-order valence-corrected chi connectivity index (χ0v) is 12.3. The second kappa shape index (κ2) is 7.38. The first-order valence-corrected chi connectivity index (χ1v) is 7.43. The van der Waals surface area contributed by atoms with E-state index in [0.29, 0.717) is 18.7 Å². The maximum absolute atomic E-state index is 11.1. The molecule has 1 N–H and O–H groups in total. The van der Waals surface area contributed by atoms with Gasteiger partial charge in [-0.15, -0.1) is 0 Å². The number of piperidine rings is 1. The van der Waals surface area contributed by atoms with Crippen molar-refractivity contribution >= 4 is 5.69 Å². The number of nitrogens with zero attached hydrogens (tertiary/aromatic N) is 2. The molecule has 6 heteroatoms. The summed E-state index contributed by atoms with van der Waals surface area (Å²) in [5, 5.41) is 21.4. The van der Waals surface area contributed by atoms with E-state index >= 15 is 0 Å². The summed E-state index contributed by atoms with van der Waals surface area (Å²) in [6, 6.07) is 4.68. The number of nitro benzene ring substituents is 1. The van der Waals surface area contributed by atoms with Crippen molar-refractivity contribution in [3.05, 3.63) is 33.9 Å². The molecule has 0 aliphatic carbocycles. The number of aliphatic hydroxyl groups is 1. The molecule has 1 aliphatic heterocycles. The fraction of sp³-hybridized carbons (Fsp3) is 0.600. The zero-order valence-electron chi connectivity index (χ0n) is 12.3. The number of benzene rings is 1. The minimum Gasteiger partial charge on any atom is -0.487 e. The molecule has 6 nitrogen and oxygen atoms in total. The van der Waals surface area contributed by atoms with Gasteiger partial charge in [0.25, 0.3) is 0 Å². The Morgan fingerprint density at radius 2 is 2.10 bits per heavy atom. The first-order chi connectivity index (χ1) is 10.1.